The Balaban J connectivity index is 1.70. The number of nitrogens with one attached hydrogen (secondary N) is 1. The number of para-hydroxylation sites is 1. The Morgan fingerprint density at radius 3 is 2.56 bits per heavy atom. The zero-order valence-corrected chi connectivity index (χ0v) is 14.2. The van der Waals surface area contributed by atoms with Gasteiger partial charge in [-0.15, -0.1) is 0 Å². The molecule has 0 saturated carbocycles. The van der Waals surface area contributed by atoms with Crippen LogP contribution in [0, 0.1) is 12.7 Å². The van der Waals surface area contributed by atoms with Crippen LogP contribution >= 0.6 is 0 Å². The molecule has 1 heterocycles. The highest BCUT2D eigenvalue weighted by molar-refractivity contribution is 5.92. The zero-order valence-electron chi connectivity index (χ0n) is 14.2. The lowest BCUT2D eigenvalue weighted by Gasteiger charge is -2.13. The third-order valence-corrected chi connectivity index (χ3v) is 3.98. The molecule has 1 aromatic heterocycles. The van der Waals surface area contributed by atoms with Gasteiger partial charge in [0.1, 0.15) is 5.82 Å². The maximum atomic E-state index is 13.7. The van der Waals surface area contributed by atoms with Crippen LogP contribution < -0.4 is 5.32 Å². The maximum absolute atomic E-state index is 13.7. The van der Waals surface area contributed by atoms with Gasteiger partial charge in [-0.1, -0.05) is 36.4 Å². The van der Waals surface area contributed by atoms with E-state index in [0.29, 0.717) is 17.7 Å². The first-order valence-corrected chi connectivity index (χ1v) is 8.21. The Hall–Kier alpha value is -2.95. The average Bonchev–Trinajstić information content (AvgIpc) is 3.00. The average molecular weight is 337 g/mol. The van der Waals surface area contributed by atoms with Crippen LogP contribution in [-0.2, 0) is 6.42 Å². The highest BCUT2D eigenvalue weighted by Gasteiger charge is 2.16. The molecule has 0 bridgehead atoms. The fourth-order valence-electron chi connectivity index (χ4n) is 2.76. The highest BCUT2D eigenvalue weighted by Crippen LogP contribution is 2.13. The van der Waals surface area contributed by atoms with Gasteiger partial charge in [-0.25, -0.2) is 9.07 Å². The number of carbonyl (C=O) groups is 1. The molecule has 0 aliphatic rings. The fourth-order valence-corrected chi connectivity index (χ4v) is 2.76. The Morgan fingerprint density at radius 1 is 1.16 bits per heavy atom. The normalized spacial score (nSPS) is 12.0. The van der Waals surface area contributed by atoms with Crippen molar-refractivity contribution in [3.05, 3.63) is 83.4 Å². The summed E-state index contributed by atoms with van der Waals surface area (Å²) in [6.07, 6.45) is 0.427. The van der Waals surface area contributed by atoms with Gasteiger partial charge in [-0.05, 0) is 50.1 Å². The van der Waals surface area contributed by atoms with E-state index in [9.17, 15) is 9.18 Å². The molecule has 3 aromatic rings. The molecule has 1 unspecified atom stereocenters. The molecule has 5 heteroatoms. The van der Waals surface area contributed by atoms with Crippen molar-refractivity contribution >= 4 is 5.91 Å². The van der Waals surface area contributed by atoms with Gasteiger partial charge in [0.25, 0.3) is 5.91 Å². The van der Waals surface area contributed by atoms with Gasteiger partial charge in [0.15, 0.2) is 5.69 Å². The lowest BCUT2D eigenvalue weighted by atomic mass is 10.1. The minimum Gasteiger partial charge on any atom is -0.348 e. The number of carbonyl (C=O) groups excluding carboxylic acids is 1. The van der Waals surface area contributed by atoms with E-state index in [-0.39, 0.29) is 17.8 Å². The van der Waals surface area contributed by atoms with Crippen LogP contribution in [0.1, 0.15) is 28.7 Å². The molecule has 0 aliphatic carbocycles. The summed E-state index contributed by atoms with van der Waals surface area (Å²) in [5.74, 6) is -0.519. The SMILES string of the molecule is Cc1cc(C(=O)NC(C)Cc2ccccc2F)nn1-c1ccccc1. The first-order chi connectivity index (χ1) is 12.0. The first kappa shape index (κ1) is 16.9. The summed E-state index contributed by atoms with van der Waals surface area (Å²) in [6, 6.07) is 17.8. The monoisotopic (exact) mass is 337 g/mol. The minimum atomic E-state index is -0.262. The second kappa shape index (κ2) is 7.30. The molecule has 1 amide bonds. The van der Waals surface area contributed by atoms with Gasteiger partial charge in [0.2, 0.25) is 0 Å². The minimum absolute atomic E-state index is 0.202. The van der Waals surface area contributed by atoms with Crippen LogP contribution in [0.15, 0.2) is 60.7 Å². The molecule has 1 N–H and O–H groups in total. The molecule has 25 heavy (non-hydrogen) atoms. The van der Waals surface area contributed by atoms with Crippen LogP contribution in [0.25, 0.3) is 5.69 Å². The summed E-state index contributed by atoms with van der Waals surface area (Å²) in [5, 5.41) is 7.27. The van der Waals surface area contributed by atoms with E-state index in [4.69, 9.17) is 0 Å². The van der Waals surface area contributed by atoms with Crippen molar-refractivity contribution in [3.63, 3.8) is 0 Å². The molecule has 0 fully saturated rings. The van der Waals surface area contributed by atoms with Gasteiger partial charge in [0, 0.05) is 11.7 Å². The van der Waals surface area contributed by atoms with Crippen molar-refractivity contribution in [2.24, 2.45) is 0 Å². The zero-order chi connectivity index (χ0) is 17.8. The van der Waals surface area contributed by atoms with Crippen LogP contribution in [0.2, 0.25) is 0 Å². The summed E-state index contributed by atoms with van der Waals surface area (Å²) in [4.78, 5) is 12.4. The van der Waals surface area contributed by atoms with Gasteiger partial charge in [-0.2, -0.15) is 5.10 Å². The number of aromatic nitrogens is 2. The van der Waals surface area contributed by atoms with E-state index in [2.05, 4.69) is 10.4 Å². The standard InChI is InChI=1S/C20H20FN3O/c1-14(12-16-8-6-7-11-18(16)21)22-20(25)19-13-15(2)24(23-19)17-9-4-3-5-10-17/h3-11,13-14H,12H2,1-2H3,(H,22,25). The molecule has 0 saturated heterocycles. The number of nitrogens with zero attached hydrogens (tertiary/aromatic N) is 2. The second-order valence-electron chi connectivity index (χ2n) is 6.09. The highest BCUT2D eigenvalue weighted by atomic mass is 19.1. The Morgan fingerprint density at radius 2 is 1.84 bits per heavy atom. The van der Waals surface area contributed by atoms with Gasteiger partial charge < -0.3 is 5.32 Å². The molecule has 0 aliphatic heterocycles. The third kappa shape index (κ3) is 3.94. The molecular weight excluding hydrogens is 317 g/mol. The Labute approximate surface area is 146 Å². The summed E-state index contributed by atoms with van der Waals surface area (Å²) in [6.45, 7) is 3.75. The molecule has 1 atom stereocenters. The van der Waals surface area contributed by atoms with E-state index in [1.165, 1.54) is 6.07 Å². The number of aryl methyl sites for hydroxylation is 1. The van der Waals surface area contributed by atoms with Crippen LogP contribution in [0.4, 0.5) is 4.39 Å². The number of hydrogen-bond donors (Lipinski definition) is 1. The largest absolute Gasteiger partial charge is 0.348 e. The van der Waals surface area contributed by atoms with E-state index in [1.54, 1.807) is 28.9 Å². The van der Waals surface area contributed by atoms with Crippen LogP contribution in [-0.4, -0.2) is 21.7 Å². The van der Waals surface area contributed by atoms with Crippen molar-refractivity contribution in [2.45, 2.75) is 26.3 Å². The lowest BCUT2D eigenvalue weighted by Crippen LogP contribution is -2.34. The molecular formula is C20H20FN3O. The molecule has 0 spiro atoms. The van der Waals surface area contributed by atoms with E-state index in [1.807, 2.05) is 44.2 Å². The number of benzene rings is 2. The van der Waals surface area contributed by atoms with E-state index in [0.717, 1.165) is 11.4 Å². The quantitative estimate of drug-likeness (QED) is 0.772. The summed E-state index contributed by atoms with van der Waals surface area (Å²) in [7, 11) is 0. The van der Waals surface area contributed by atoms with Gasteiger partial charge in [-0.3, -0.25) is 4.79 Å². The summed E-state index contributed by atoms with van der Waals surface area (Å²) in [5.41, 5.74) is 2.71. The number of halogens is 1. The predicted octanol–water partition coefficient (Wildman–Crippen LogP) is 3.68. The van der Waals surface area contributed by atoms with Gasteiger partial charge >= 0.3 is 0 Å². The number of rotatable bonds is 5. The topological polar surface area (TPSA) is 46.9 Å². The van der Waals surface area contributed by atoms with Crippen molar-refractivity contribution < 1.29 is 9.18 Å². The van der Waals surface area contributed by atoms with E-state index < -0.39 is 0 Å². The number of amides is 1. The third-order valence-electron chi connectivity index (χ3n) is 3.98. The van der Waals surface area contributed by atoms with Crippen LogP contribution in [0.5, 0.6) is 0 Å². The van der Waals surface area contributed by atoms with Crippen molar-refractivity contribution in [3.8, 4) is 5.69 Å². The molecule has 128 valence electrons. The first-order valence-electron chi connectivity index (χ1n) is 8.21. The summed E-state index contributed by atoms with van der Waals surface area (Å²) >= 11 is 0. The van der Waals surface area contributed by atoms with Crippen molar-refractivity contribution in [1.29, 1.82) is 0 Å². The predicted molar refractivity (Wildman–Crippen MR) is 95.3 cm³/mol. The molecule has 4 nitrogen and oxygen atoms in total. The lowest BCUT2D eigenvalue weighted by molar-refractivity contribution is 0.0934. The maximum Gasteiger partial charge on any atom is 0.272 e. The van der Waals surface area contributed by atoms with Crippen LogP contribution in [0.3, 0.4) is 0 Å². The summed E-state index contributed by atoms with van der Waals surface area (Å²) < 4.78 is 15.5. The molecule has 0 radical (unpaired) electrons. The van der Waals surface area contributed by atoms with E-state index >= 15 is 0 Å². The molecule has 2 aromatic carbocycles. The van der Waals surface area contributed by atoms with Gasteiger partial charge in [0.05, 0.1) is 5.69 Å². The number of hydrogen-bond acceptors (Lipinski definition) is 2. The Bertz CT molecular complexity index is 874. The smallest absolute Gasteiger partial charge is 0.272 e. The molecule has 3 rings (SSSR count). The van der Waals surface area contributed by atoms with Crippen molar-refractivity contribution in [2.75, 3.05) is 0 Å². The van der Waals surface area contributed by atoms with Crippen molar-refractivity contribution in [1.82, 2.24) is 15.1 Å². The second-order valence-corrected chi connectivity index (χ2v) is 6.09. The Kier molecular flexibility index (Phi) is 4.93. The fraction of sp³-hybridized carbons (Fsp3) is 0.200.